The highest BCUT2D eigenvalue weighted by molar-refractivity contribution is 7.92. The highest BCUT2D eigenvalue weighted by atomic mass is 32.2. The van der Waals surface area contributed by atoms with Gasteiger partial charge in [0.2, 0.25) is 0 Å². The second-order valence-corrected chi connectivity index (χ2v) is 6.66. The van der Waals surface area contributed by atoms with Crippen molar-refractivity contribution in [3.63, 3.8) is 0 Å². The number of rotatable bonds is 6. The molecule has 0 saturated heterocycles. The average molecular weight is 335 g/mol. The van der Waals surface area contributed by atoms with Gasteiger partial charge in [0.25, 0.3) is 10.0 Å². The molecular formula is C16H17NO5S. The van der Waals surface area contributed by atoms with Gasteiger partial charge >= 0.3 is 5.97 Å². The van der Waals surface area contributed by atoms with Gasteiger partial charge in [0, 0.05) is 11.8 Å². The first-order valence-corrected chi connectivity index (χ1v) is 8.28. The molecule has 0 atom stereocenters. The van der Waals surface area contributed by atoms with E-state index in [4.69, 9.17) is 9.84 Å². The van der Waals surface area contributed by atoms with Crippen LogP contribution < -0.4 is 9.46 Å². The zero-order valence-electron chi connectivity index (χ0n) is 12.7. The summed E-state index contributed by atoms with van der Waals surface area (Å²) in [7, 11) is -2.29. The van der Waals surface area contributed by atoms with Crippen LogP contribution in [-0.4, -0.2) is 26.6 Å². The molecule has 0 fully saturated rings. The van der Waals surface area contributed by atoms with Gasteiger partial charge < -0.3 is 9.84 Å². The number of carboxylic acids is 1. The number of hydrogen-bond acceptors (Lipinski definition) is 4. The quantitative estimate of drug-likeness (QED) is 0.846. The van der Waals surface area contributed by atoms with Gasteiger partial charge in [-0.15, -0.1) is 0 Å². The van der Waals surface area contributed by atoms with E-state index in [2.05, 4.69) is 4.72 Å². The van der Waals surface area contributed by atoms with Crippen LogP contribution >= 0.6 is 0 Å². The predicted molar refractivity (Wildman–Crippen MR) is 86.3 cm³/mol. The van der Waals surface area contributed by atoms with Gasteiger partial charge in [-0.3, -0.25) is 9.52 Å². The van der Waals surface area contributed by atoms with E-state index >= 15 is 0 Å². The van der Waals surface area contributed by atoms with Gasteiger partial charge in [-0.05, 0) is 36.2 Å². The smallest absolute Gasteiger partial charge is 0.307 e. The van der Waals surface area contributed by atoms with Crippen molar-refractivity contribution in [3.05, 3.63) is 53.6 Å². The van der Waals surface area contributed by atoms with Crippen LogP contribution in [0.5, 0.6) is 5.75 Å². The average Bonchev–Trinajstić information content (AvgIpc) is 2.49. The summed E-state index contributed by atoms with van der Waals surface area (Å²) >= 11 is 0. The van der Waals surface area contributed by atoms with Crippen molar-refractivity contribution < 1.29 is 23.1 Å². The Kier molecular flexibility index (Phi) is 4.90. The van der Waals surface area contributed by atoms with Crippen LogP contribution in [0.3, 0.4) is 0 Å². The Morgan fingerprint density at radius 1 is 1.17 bits per heavy atom. The molecule has 0 amide bonds. The number of anilines is 1. The zero-order chi connectivity index (χ0) is 17.0. The third-order valence-corrected chi connectivity index (χ3v) is 4.77. The number of nitrogens with one attached hydrogen (secondary N) is 1. The fourth-order valence-corrected chi connectivity index (χ4v) is 3.39. The van der Waals surface area contributed by atoms with E-state index in [1.165, 1.54) is 25.3 Å². The molecule has 2 aromatic rings. The molecule has 7 heteroatoms. The maximum Gasteiger partial charge on any atom is 0.307 e. The Balaban J connectivity index is 2.26. The Bertz CT molecular complexity index is 813. The van der Waals surface area contributed by atoms with E-state index in [0.717, 1.165) is 0 Å². The molecule has 0 spiro atoms. The van der Waals surface area contributed by atoms with Crippen LogP contribution in [0, 0.1) is 6.92 Å². The summed E-state index contributed by atoms with van der Waals surface area (Å²) in [6.07, 6.45) is -0.109. The third-order valence-electron chi connectivity index (χ3n) is 3.25. The standard InChI is InChI=1S/C16H17NO5S/c1-11-3-8-14(22-2)10-15(11)23(20,21)17-13-6-4-12(5-7-13)9-16(18)19/h3-8,10,17H,9H2,1-2H3,(H,18,19). The van der Waals surface area contributed by atoms with Crippen LogP contribution in [0.4, 0.5) is 5.69 Å². The summed E-state index contributed by atoms with van der Waals surface area (Å²) in [4.78, 5) is 10.8. The largest absolute Gasteiger partial charge is 0.497 e. The molecule has 0 heterocycles. The van der Waals surface area contributed by atoms with Crippen molar-refractivity contribution in [2.24, 2.45) is 0 Å². The molecule has 0 aromatic heterocycles. The Hall–Kier alpha value is -2.54. The summed E-state index contributed by atoms with van der Waals surface area (Å²) in [5.41, 5.74) is 1.56. The second kappa shape index (κ2) is 6.70. The fourth-order valence-electron chi connectivity index (χ4n) is 2.07. The lowest BCUT2D eigenvalue weighted by Gasteiger charge is -2.12. The molecule has 2 aromatic carbocycles. The van der Waals surface area contributed by atoms with E-state index < -0.39 is 16.0 Å². The van der Waals surface area contributed by atoms with Gasteiger partial charge in [-0.1, -0.05) is 18.2 Å². The molecular weight excluding hydrogens is 318 g/mol. The minimum atomic E-state index is -3.76. The number of benzene rings is 2. The molecule has 23 heavy (non-hydrogen) atoms. The SMILES string of the molecule is COc1ccc(C)c(S(=O)(=O)Nc2ccc(CC(=O)O)cc2)c1. The summed E-state index contributed by atoms with van der Waals surface area (Å²) in [5.74, 6) is -0.488. The molecule has 0 aliphatic heterocycles. The molecule has 0 unspecified atom stereocenters. The van der Waals surface area contributed by atoms with Gasteiger partial charge in [0.05, 0.1) is 18.4 Å². The lowest BCUT2D eigenvalue weighted by atomic mass is 10.1. The number of sulfonamides is 1. The topological polar surface area (TPSA) is 92.7 Å². The normalized spacial score (nSPS) is 11.0. The van der Waals surface area contributed by atoms with Crippen LogP contribution in [0.1, 0.15) is 11.1 Å². The molecule has 0 bridgehead atoms. The maximum absolute atomic E-state index is 12.5. The van der Waals surface area contributed by atoms with E-state index in [1.54, 1.807) is 31.2 Å². The second-order valence-electron chi connectivity index (χ2n) is 5.00. The molecule has 0 saturated carbocycles. The van der Waals surface area contributed by atoms with Crippen molar-refractivity contribution in [2.45, 2.75) is 18.2 Å². The number of carboxylic acid groups (broad SMARTS) is 1. The monoisotopic (exact) mass is 335 g/mol. The van der Waals surface area contributed by atoms with Crippen LogP contribution in [0.15, 0.2) is 47.4 Å². The minimum Gasteiger partial charge on any atom is -0.497 e. The number of methoxy groups -OCH3 is 1. The van der Waals surface area contributed by atoms with E-state index in [-0.39, 0.29) is 11.3 Å². The molecule has 2 rings (SSSR count). The number of aryl methyl sites for hydroxylation is 1. The highest BCUT2D eigenvalue weighted by Gasteiger charge is 2.18. The summed E-state index contributed by atoms with van der Waals surface area (Å²) < 4.78 is 32.5. The third kappa shape index (κ3) is 4.23. The van der Waals surface area contributed by atoms with Gasteiger partial charge in [0.1, 0.15) is 5.75 Å². The minimum absolute atomic E-state index is 0.109. The summed E-state index contributed by atoms with van der Waals surface area (Å²) in [6, 6.07) is 11.0. The molecule has 2 N–H and O–H groups in total. The number of aliphatic carboxylic acids is 1. The lowest BCUT2D eigenvalue weighted by molar-refractivity contribution is -0.136. The molecule has 0 aliphatic carbocycles. The fraction of sp³-hybridized carbons (Fsp3) is 0.188. The Labute approximate surface area is 134 Å². The van der Waals surface area contributed by atoms with Crippen molar-refractivity contribution in [3.8, 4) is 5.75 Å². The van der Waals surface area contributed by atoms with Gasteiger partial charge in [-0.25, -0.2) is 8.42 Å². The van der Waals surface area contributed by atoms with Crippen molar-refractivity contribution in [2.75, 3.05) is 11.8 Å². The predicted octanol–water partition coefficient (Wildman–Crippen LogP) is 2.43. The Morgan fingerprint density at radius 2 is 1.83 bits per heavy atom. The molecule has 6 nitrogen and oxygen atoms in total. The lowest BCUT2D eigenvalue weighted by Crippen LogP contribution is -2.14. The molecule has 0 radical (unpaired) electrons. The maximum atomic E-state index is 12.5. The Morgan fingerprint density at radius 3 is 2.39 bits per heavy atom. The first kappa shape index (κ1) is 16.8. The van der Waals surface area contributed by atoms with E-state index in [0.29, 0.717) is 22.6 Å². The highest BCUT2D eigenvalue weighted by Crippen LogP contribution is 2.24. The van der Waals surface area contributed by atoms with Gasteiger partial charge in [-0.2, -0.15) is 0 Å². The van der Waals surface area contributed by atoms with Crippen LogP contribution in [0.25, 0.3) is 0 Å². The van der Waals surface area contributed by atoms with E-state index in [1.807, 2.05) is 0 Å². The number of hydrogen-bond donors (Lipinski definition) is 2. The summed E-state index contributed by atoms with van der Waals surface area (Å²) in [6.45, 7) is 1.70. The van der Waals surface area contributed by atoms with E-state index in [9.17, 15) is 13.2 Å². The first-order valence-electron chi connectivity index (χ1n) is 6.80. The zero-order valence-corrected chi connectivity index (χ0v) is 13.6. The van der Waals surface area contributed by atoms with Crippen molar-refractivity contribution >= 4 is 21.7 Å². The number of ether oxygens (including phenoxy) is 1. The van der Waals surface area contributed by atoms with Crippen LogP contribution in [-0.2, 0) is 21.2 Å². The number of carbonyl (C=O) groups is 1. The summed E-state index contributed by atoms with van der Waals surface area (Å²) in [5, 5.41) is 8.73. The van der Waals surface area contributed by atoms with Crippen LogP contribution in [0.2, 0.25) is 0 Å². The molecule has 0 aliphatic rings. The van der Waals surface area contributed by atoms with Crippen molar-refractivity contribution in [1.82, 2.24) is 0 Å². The molecule has 122 valence electrons. The van der Waals surface area contributed by atoms with Gasteiger partial charge in [0.15, 0.2) is 0 Å². The first-order chi connectivity index (χ1) is 10.8. The van der Waals surface area contributed by atoms with Crippen molar-refractivity contribution in [1.29, 1.82) is 0 Å².